The SMILES string of the molecule is Cl.O=C(C1CC2CCCCC2N1)N1CCN(Cc2cccnc2)CC1. The molecule has 2 saturated heterocycles. The number of nitrogens with zero attached hydrogens (tertiary/aromatic N) is 3. The fourth-order valence-electron chi connectivity index (χ4n) is 4.61. The Hall–Kier alpha value is -1.17. The zero-order chi connectivity index (χ0) is 16.4. The summed E-state index contributed by atoms with van der Waals surface area (Å²) in [6.45, 7) is 4.56. The Labute approximate surface area is 156 Å². The molecule has 3 atom stereocenters. The van der Waals surface area contributed by atoms with E-state index < -0.39 is 0 Å². The molecular formula is C19H29ClN4O. The van der Waals surface area contributed by atoms with Gasteiger partial charge in [0, 0.05) is 51.2 Å². The van der Waals surface area contributed by atoms with Gasteiger partial charge in [0.2, 0.25) is 5.91 Å². The quantitative estimate of drug-likeness (QED) is 0.892. The van der Waals surface area contributed by atoms with Crippen LogP contribution in [0.5, 0.6) is 0 Å². The second kappa shape index (κ2) is 8.47. The van der Waals surface area contributed by atoms with Crippen LogP contribution in [0.4, 0.5) is 0 Å². The van der Waals surface area contributed by atoms with Gasteiger partial charge in [-0.3, -0.25) is 14.7 Å². The fraction of sp³-hybridized carbons (Fsp3) is 0.684. The molecule has 1 saturated carbocycles. The van der Waals surface area contributed by atoms with Crippen LogP contribution in [-0.4, -0.2) is 59.0 Å². The molecule has 138 valence electrons. The summed E-state index contributed by atoms with van der Waals surface area (Å²) in [6.07, 6.45) is 10.0. The van der Waals surface area contributed by atoms with Crippen molar-refractivity contribution in [2.75, 3.05) is 26.2 Å². The Kier molecular flexibility index (Phi) is 6.31. The van der Waals surface area contributed by atoms with Crippen molar-refractivity contribution in [2.45, 2.75) is 50.7 Å². The lowest BCUT2D eigenvalue weighted by molar-refractivity contribution is -0.135. The van der Waals surface area contributed by atoms with E-state index in [1.807, 2.05) is 18.5 Å². The highest BCUT2D eigenvalue weighted by atomic mass is 35.5. The number of pyridine rings is 1. The van der Waals surface area contributed by atoms with Gasteiger partial charge in [0.25, 0.3) is 0 Å². The molecule has 4 rings (SSSR count). The van der Waals surface area contributed by atoms with Crippen LogP contribution in [-0.2, 0) is 11.3 Å². The van der Waals surface area contributed by atoms with E-state index in [4.69, 9.17) is 0 Å². The average Bonchev–Trinajstić information content (AvgIpc) is 3.07. The number of carbonyl (C=O) groups is 1. The van der Waals surface area contributed by atoms with Gasteiger partial charge in [0.05, 0.1) is 6.04 Å². The van der Waals surface area contributed by atoms with Gasteiger partial charge in [-0.25, -0.2) is 0 Å². The first-order valence-corrected chi connectivity index (χ1v) is 9.46. The van der Waals surface area contributed by atoms with E-state index >= 15 is 0 Å². The van der Waals surface area contributed by atoms with Crippen molar-refractivity contribution >= 4 is 18.3 Å². The molecule has 1 amide bonds. The second-order valence-corrected chi connectivity index (χ2v) is 7.57. The summed E-state index contributed by atoms with van der Waals surface area (Å²) in [7, 11) is 0. The maximum absolute atomic E-state index is 12.8. The molecule has 6 heteroatoms. The topological polar surface area (TPSA) is 48.5 Å². The smallest absolute Gasteiger partial charge is 0.239 e. The zero-order valence-corrected chi connectivity index (χ0v) is 15.6. The lowest BCUT2D eigenvalue weighted by atomic mass is 9.85. The predicted molar refractivity (Wildman–Crippen MR) is 101 cm³/mol. The second-order valence-electron chi connectivity index (χ2n) is 7.57. The van der Waals surface area contributed by atoms with Crippen LogP contribution in [0.2, 0.25) is 0 Å². The monoisotopic (exact) mass is 364 g/mol. The summed E-state index contributed by atoms with van der Waals surface area (Å²) in [6, 6.07) is 4.78. The van der Waals surface area contributed by atoms with Crippen molar-refractivity contribution in [2.24, 2.45) is 5.92 Å². The van der Waals surface area contributed by atoms with Crippen molar-refractivity contribution in [1.82, 2.24) is 20.1 Å². The summed E-state index contributed by atoms with van der Waals surface area (Å²) in [4.78, 5) is 21.5. The minimum atomic E-state index is 0. The Morgan fingerprint density at radius 3 is 2.72 bits per heavy atom. The Morgan fingerprint density at radius 1 is 1.20 bits per heavy atom. The van der Waals surface area contributed by atoms with E-state index in [0.29, 0.717) is 11.9 Å². The van der Waals surface area contributed by atoms with Gasteiger partial charge < -0.3 is 10.2 Å². The number of amides is 1. The molecule has 5 nitrogen and oxygen atoms in total. The van der Waals surface area contributed by atoms with Crippen molar-refractivity contribution in [3.63, 3.8) is 0 Å². The fourth-order valence-corrected chi connectivity index (χ4v) is 4.61. The van der Waals surface area contributed by atoms with Gasteiger partial charge in [-0.05, 0) is 36.8 Å². The molecule has 25 heavy (non-hydrogen) atoms. The molecule has 0 bridgehead atoms. The molecule has 0 radical (unpaired) electrons. The van der Waals surface area contributed by atoms with Gasteiger partial charge in [-0.15, -0.1) is 12.4 Å². The molecule has 3 fully saturated rings. The number of nitrogens with one attached hydrogen (secondary N) is 1. The summed E-state index contributed by atoms with van der Waals surface area (Å²) in [5.74, 6) is 1.07. The van der Waals surface area contributed by atoms with Crippen LogP contribution in [0.25, 0.3) is 0 Å². The predicted octanol–water partition coefficient (Wildman–Crippen LogP) is 2.07. The molecule has 3 heterocycles. The largest absolute Gasteiger partial charge is 0.339 e. The third-order valence-electron chi connectivity index (χ3n) is 5.97. The van der Waals surface area contributed by atoms with Crippen LogP contribution >= 0.6 is 12.4 Å². The highest BCUT2D eigenvalue weighted by Crippen LogP contribution is 2.33. The van der Waals surface area contributed by atoms with E-state index in [-0.39, 0.29) is 18.4 Å². The summed E-state index contributed by atoms with van der Waals surface area (Å²) >= 11 is 0. The van der Waals surface area contributed by atoms with Crippen LogP contribution in [0.1, 0.15) is 37.7 Å². The summed E-state index contributed by atoms with van der Waals surface area (Å²) in [5, 5.41) is 3.63. The van der Waals surface area contributed by atoms with E-state index in [0.717, 1.165) is 45.1 Å². The lowest BCUT2D eigenvalue weighted by Crippen LogP contribution is -2.53. The van der Waals surface area contributed by atoms with E-state index in [1.54, 1.807) is 0 Å². The first kappa shape index (κ1) is 18.6. The highest BCUT2D eigenvalue weighted by molar-refractivity contribution is 5.85. The van der Waals surface area contributed by atoms with Gasteiger partial charge in [0.1, 0.15) is 0 Å². The number of piperazine rings is 1. The average molecular weight is 365 g/mol. The van der Waals surface area contributed by atoms with Crippen molar-refractivity contribution in [3.8, 4) is 0 Å². The number of rotatable bonds is 3. The Bertz CT molecular complexity index is 548. The number of carbonyl (C=O) groups excluding carboxylic acids is 1. The van der Waals surface area contributed by atoms with E-state index in [2.05, 4.69) is 26.2 Å². The molecule has 1 aliphatic carbocycles. The summed E-state index contributed by atoms with van der Waals surface area (Å²) < 4.78 is 0. The number of halogens is 1. The van der Waals surface area contributed by atoms with Crippen LogP contribution in [0, 0.1) is 5.92 Å². The van der Waals surface area contributed by atoms with Gasteiger partial charge in [-0.2, -0.15) is 0 Å². The normalized spacial score (nSPS) is 29.8. The van der Waals surface area contributed by atoms with Crippen LogP contribution < -0.4 is 5.32 Å². The third-order valence-corrected chi connectivity index (χ3v) is 5.97. The van der Waals surface area contributed by atoms with E-state index in [9.17, 15) is 4.79 Å². The molecule has 1 aromatic rings. The lowest BCUT2D eigenvalue weighted by Gasteiger charge is -2.36. The van der Waals surface area contributed by atoms with Crippen LogP contribution in [0.15, 0.2) is 24.5 Å². The molecular weight excluding hydrogens is 336 g/mol. The molecule has 3 aliphatic rings. The number of hydrogen-bond donors (Lipinski definition) is 1. The molecule has 1 N–H and O–H groups in total. The van der Waals surface area contributed by atoms with Gasteiger partial charge in [-0.1, -0.05) is 18.9 Å². The molecule has 3 unspecified atom stereocenters. The maximum atomic E-state index is 12.8. The van der Waals surface area contributed by atoms with Crippen molar-refractivity contribution < 1.29 is 4.79 Å². The highest BCUT2D eigenvalue weighted by Gasteiger charge is 2.40. The van der Waals surface area contributed by atoms with Gasteiger partial charge in [0.15, 0.2) is 0 Å². The standard InChI is InChI=1S/C19H28N4O.ClH/c24-19(18-12-16-5-1-2-6-17(16)21-18)23-10-8-22(9-11-23)14-15-4-3-7-20-13-15;/h3-4,7,13,16-18,21H,1-2,5-6,8-12,14H2;1H. The van der Waals surface area contributed by atoms with Gasteiger partial charge >= 0.3 is 0 Å². The molecule has 0 spiro atoms. The molecule has 0 aromatic carbocycles. The first-order valence-electron chi connectivity index (χ1n) is 9.46. The minimum absolute atomic E-state index is 0. The third kappa shape index (κ3) is 4.33. The van der Waals surface area contributed by atoms with Crippen molar-refractivity contribution in [3.05, 3.63) is 30.1 Å². The number of fused-ring (bicyclic) bond motifs is 1. The zero-order valence-electron chi connectivity index (χ0n) is 14.8. The van der Waals surface area contributed by atoms with Crippen LogP contribution in [0.3, 0.4) is 0 Å². The minimum Gasteiger partial charge on any atom is -0.339 e. The first-order chi connectivity index (χ1) is 11.8. The molecule has 1 aromatic heterocycles. The van der Waals surface area contributed by atoms with E-state index in [1.165, 1.54) is 31.2 Å². The molecule has 2 aliphatic heterocycles. The van der Waals surface area contributed by atoms with Crippen molar-refractivity contribution in [1.29, 1.82) is 0 Å². The summed E-state index contributed by atoms with van der Waals surface area (Å²) in [5.41, 5.74) is 1.25. The Morgan fingerprint density at radius 2 is 2.00 bits per heavy atom. The number of aromatic nitrogens is 1. The Balaban J connectivity index is 0.00000182. The maximum Gasteiger partial charge on any atom is 0.239 e. The number of hydrogen-bond acceptors (Lipinski definition) is 4.